The number of nitrogens with zero attached hydrogens (tertiary/aromatic N) is 2. The van der Waals surface area contributed by atoms with Crippen LogP contribution in [-0.2, 0) is 0 Å². The molecule has 0 aliphatic carbocycles. The van der Waals surface area contributed by atoms with E-state index in [1.807, 2.05) is 6.07 Å². The number of nitriles is 1. The molecule has 0 radical (unpaired) electrons. The van der Waals surface area contributed by atoms with Crippen LogP contribution in [0.5, 0.6) is 5.88 Å². The Bertz CT molecular complexity index is 378. The summed E-state index contributed by atoms with van der Waals surface area (Å²) < 4.78 is 5.06. The number of ether oxygens (including phenoxy) is 1. The second-order valence-corrected chi connectivity index (χ2v) is 2.25. The predicted molar refractivity (Wildman–Crippen MR) is 42.3 cm³/mol. The molecule has 4 heteroatoms. The third kappa shape index (κ3) is 0.974. The molecule has 0 atom stereocenters. The van der Waals surface area contributed by atoms with Gasteiger partial charge < -0.3 is 10.1 Å². The fourth-order valence-corrected chi connectivity index (χ4v) is 0.933. The minimum absolute atomic E-state index is 0.497. The second-order valence-electron chi connectivity index (χ2n) is 2.25. The fraction of sp³-hybridized carbons (Fsp3) is 0. The number of nitrogens with one attached hydrogen (secondary N) is 1. The maximum Gasteiger partial charge on any atom is 0.242 e. The first kappa shape index (κ1) is 6.68. The lowest BCUT2D eigenvalue weighted by Crippen LogP contribution is -2.01. The highest BCUT2D eigenvalue weighted by Crippen LogP contribution is 2.24. The number of fused-ring (bicyclic) bond motifs is 1. The average molecular weight is 159 g/mol. The van der Waals surface area contributed by atoms with Gasteiger partial charge >= 0.3 is 0 Å². The molecule has 0 saturated carbocycles. The lowest BCUT2D eigenvalue weighted by Gasteiger charge is -2.10. The van der Waals surface area contributed by atoms with Crippen LogP contribution in [0.4, 0.5) is 5.69 Å². The SMILES string of the molecule is N#Cc1cnc2c(c1)NC=CO2. The van der Waals surface area contributed by atoms with Crippen LogP contribution < -0.4 is 10.1 Å². The molecule has 4 nitrogen and oxygen atoms in total. The molecular weight excluding hydrogens is 154 g/mol. The third-order valence-corrected chi connectivity index (χ3v) is 1.47. The van der Waals surface area contributed by atoms with Crippen LogP contribution in [0.2, 0.25) is 0 Å². The highest BCUT2D eigenvalue weighted by atomic mass is 16.5. The van der Waals surface area contributed by atoms with Crippen LogP contribution >= 0.6 is 0 Å². The van der Waals surface area contributed by atoms with Gasteiger partial charge in [0, 0.05) is 12.4 Å². The van der Waals surface area contributed by atoms with Gasteiger partial charge in [-0.2, -0.15) is 5.26 Å². The Morgan fingerprint density at radius 2 is 2.50 bits per heavy atom. The number of aromatic nitrogens is 1. The van der Waals surface area contributed by atoms with Crippen LogP contribution in [0.1, 0.15) is 5.56 Å². The van der Waals surface area contributed by atoms with Crippen molar-refractivity contribution in [1.82, 2.24) is 4.98 Å². The van der Waals surface area contributed by atoms with Crippen molar-refractivity contribution in [2.45, 2.75) is 0 Å². The average Bonchev–Trinajstić information content (AvgIpc) is 2.17. The Morgan fingerprint density at radius 1 is 1.58 bits per heavy atom. The van der Waals surface area contributed by atoms with Crippen LogP contribution in [0.15, 0.2) is 24.7 Å². The topological polar surface area (TPSA) is 57.9 Å². The first-order chi connectivity index (χ1) is 5.90. The third-order valence-electron chi connectivity index (χ3n) is 1.47. The normalized spacial score (nSPS) is 12.2. The van der Waals surface area contributed by atoms with E-state index in [9.17, 15) is 0 Å². The smallest absolute Gasteiger partial charge is 0.242 e. The van der Waals surface area contributed by atoms with Crippen molar-refractivity contribution >= 4 is 5.69 Å². The summed E-state index contributed by atoms with van der Waals surface area (Å²) in [6.07, 6.45) is 4.62. The lowest BCUT2D eigenvalue weighted by molar-refractivity contribution is 0.457. The Labute approximate surface area is 69.1 Å². The van der Waals surface area contributed by atoms with Crippen LogP contribution in [0, 0.1) is 11.3 Å². The van der Waals surface area contributed by atoms with Gasteiger partial charge in [-0.3, -0.25) is 0 Å². The fourth-order valence-electron chi connectivity index (χ4n) is 0.933. The van der Waals surface area contributed by atoms with Gasteiger partial charge in [-0.15, -0.1) is 0 Å². The van der Waals surface area contributed by atoms with Gasteiger partial charge in [-0.25, -0.2) is 4.98 Å². The molecule has 1 aliphatic heterocycles. The van der Waals surface area contributed by atoms with Gasteiger partial charge in [-0.1, -0.05) is 0 Å². The Hall–Kier alpha value is -2.02. The number of rotatable bonds is 0. The van der Waals surface area contributed by atoms with Crippen molar-refractivity contribution in [3.05, 3.63) is 30.3 Å². The monoisotopic (exact) mass is 159 g/mol. The van der Waals surface area contributed by atoms with E-state index in [1.54, 1.807) is 12.3 Å². The van der Waals surface area contributed by atoms with E-state index in [-0.39, 0.29) is 0 Å². The summed E-state index contributed by atoms with van der Waals surface area (Å²) in [5, 5.41) is 11.5. The summed E-state index contributed by atoms with van der Waals surface area (Å²) in [6.45, 7) is 0. The maximum absolute atomic E-state index is 8.56. The molecule has 0 amide bonds. The van der Waals surface area contributed by atoms with Gasteiger partial charge in [0.2, 0.25) is 5.88 Å². The highest BCUT2D eigenvalue weighted by molar-refractivity contribution is 5.58. The maximum atomic E-state index is 8.56. The van der Waals surface area contributed by atoms with Gasteiger partial charge in [0.25, 0.3) is 0 Å². The van der Waals surface area contributed by atoms with Crippen molar-refractivity contribution < 1.29 is 4.74 Å². The second kappa shape index (κ2) is 2.55. The summed E-state index contributed by atoms with van der Waals surface area (Å²) >= 11 is 0. The molecular formula is C8H5N3O. The van der Waals surface area contributed by atoms with E-state index in [1.165, 1.54) is 12.5 Å². The molecule has 0 aromatic carbocycles. The Morgan fingerprint density at radius 3 is 3.33 bits per heavy atom. The minimum Gasteiger partial charge on any atom is -0.443 e. The zero-order valence-electron chi connectivity index (χ0n) is 6.11. The zero-order valence-corrected chi connectivity index (χ0v) is 6.11. The molecule has 0 bridgehead atoms. The number of hydrogen-bond donors (Lipinski definition) is 1. The van der Waals surface area contributed by atoms with E-state index in [0.29, 0.717) is 11.4 Å². The Kier molecular flexibility index (Phi) is 1.42. The van der Waals surface area contributed by atoms with Crippen molar-refractivity contribution in [2.75, 3.05) is 5.32 Å². The molecule has 0 unspecified atom stereocenters. The summed E-state index contributed by atoms with van der Waals surface area (Å²) in [4.78, 5) is 3.93. The number of hydrogen-bond acceptors (Lipinski definition) is 4. The first-order valence-electron chi connectivity index (χ1n) is 3.38. The van der Waals surface area contributed by atoms with E-state index < -0.39 is 0 Å². The molecule has 1 aromatic heterocycles. The first-order valence-corrected chi connectivity index (χ1v) is 3.38. The molecule has 1 aromatic rings. The molecule has 0 fully saturated rings. The van der Waals surface area contributed by atoms with Crippen LogP contribution in [0.25, 0.3) is 0 Å². The molecule has 2 rings (SSSR count). The molecule has 58 valence electrons. The standard InChI is InChI=1S/C8H5N3O/c9-4-6-3-7-8(11-5-6)12-2-1-10-7/h1-3,5,10H. The van der Waals surface area contributed by atoms with E-state index in [0.717, 1.165) is 5.69 Å². The van der Waals surface area contributed by atoms with Crippen molar-refractivity contribution in [3.63, 3.8) is 0 Å². The molecule has 1 aliphatic rings. The van der Waals surface area contributed by atoms with Crippen LogP contribution in [0.3, 0.4) is 0 Å². The number of anilines is 1. The largest absolute Gasteiger partial charge is 0.443 e. The van der Waals surface area contributed by atoms with Gasteiger partial charge in [0.05, 0.1) is 5.56 Å². The molecule has 0 saturated heterocycles. The van der Waals surface area contributed by atoms with Crippen LogP contribution in [-0.4, -0.2) is 4.98 Å². The van der Waals surface area contributed by atoms with E-state index in [2.05, 4.69) is 10.3 Å². The predicted octanol–water partition coefficient (Wildman–Crippen LogP) is 1.23. The zero-order chi connectivity index (χ0) is 8.39. The molecule has 12 heavy (non-hydrogen) atoms. The van der Waals surface area contributed by atoms with Gasteiger partial charge in [-0.05, 0) is 6.07 Å². The van der Waals surface area contributed by atoms with Crippen molar-refractivity contribution in [1.29, 1.82) is 5.26 Å². The lowest BCUT2D eigenvalue weighted by atomic mass is 10.3. The summed E-state index contributed by atoms with van der Waals surface area (Å²) in [5.41, 5.74) is 1.23. The quantitative estimate of drug-likeness (QED) is 0.618. The van der Waals surface area contributed by atoms with E-state index in [4.69, 9.17) is 10.00 Å². The highest BCUT2D eigenvalue weighted by Gasteiger charge is 2.07. The van der Waals surface area contributed by atoms with Crippen molar-refractivity contribution in [3.8, 4) is 11.9 Å². The molecule has 0 spiro atoms. The summed E-state index contributed by atoms with van der Waals surface area (Å²) in [6, 6.07) is 3.68. The number of pyridine rings is 1. The summed E-state index contributed by atoms with van der Waals surface area (Å²) in [5.74, 6) is 0.497. The Balaban J connectivity index is 2.48. The van der Waals surface area contributed by atoms with Gasteiger partial charge in [0.15, 0.2) is 0 Å². The van der Waals surface area contributed by atoms with E-state index >= 15 is 0 Å². The van der Waals surface area contributed by atoms with Crippen molar-refractivity contribution in [2.24, 2.45) is 0 Å². The molecule has 2 heterocycles. The molecule has 1 N–H and O–H groups in total. The van der Waals surface area contributed by atoms with Gasteiger partial charge in [0.1, 0.15) is 18.0 Å². The minimum atomic E-state index is 0.497. The summed E-state index contributed by atoms with van der Waals surface area (Å²) in [7, 11) is 0.